The summed E-state index contributed by atoms with van der Waals surface area (Å²) >= 11 is 6.14. The zero-order chi connectivity index (χ0) is 30.3. The van der Waals surface area contributed by atoms with Crippen LogP contribution in [-0.4, -0.2) is 71.3 Å². The minimum Gasteiger partial charge on any atom is -0.465 e. The Labute approximate surface area is 254 Å². The number of anilines is 1. The maximum absolute atomic E-state index is 14.6. The van der Waals surface area contributed by atoms with Crippen LogP contribution in [0.1, 0.15) is 71.1 Å². The Kier molecular flexibility index (Phi) is 10.9. The van der Waals surface area contributed by atoms with Crippen LogP contribution < -0.4 is 4.90 Å². The van der Waals surface area contributed by atoms with Crippen molar-refractivity contribution in [1.82, 2.24) is 4.90 Å². The van der Waals surface area contributed by atoms with E-state index in [-0.39, 0.29) is 31.6 Å². The Hall–Kier alpha value is -2.68. The Morgan fingerprint density at radius 2 is 1.86 bits per heavy atom. The van der Waals surface area contributed by atoms with Crippen molar-refractivity contribution in [1.29, 1.82) is 0 Å². The minimum absolute atomic E-state index is 0.122. The Bertz CT molecular complexity index is 1140. The zero-order valence-electron chi connectivity index (χ0n) is 24.8. The van der Waals surface area contributed by atoms with Gasteiger partial charge in [-0.25, -0.2) is 0 Å². The second-order valence-corrected chi connectivity index (χ2v) is 12.1. The highest BCUT2D eigenvalue weighted by molar-refractivity contribution is 6.30. The number of benzene rings is 1. The van der Waals surface area contributed by atoms with Crippen LogP contribution in [0.3, 0.4) is 0 Å². The van der Waals surface area contributed by atoms with Crippen molar-refractivity contribution in [3.63, 3.8) is 0 Å². The normalized spacial score (nSPS) is 27.6. The van der Waals surface area contributed by atoms with Crippen molar-refractivity contribution in [3.05, 3.63) is 54.6 Å². The van der Waals surface area contributed by atoms with E-state index in [1.807, 2.05) is 13.0 Å². The van der Waals surface area contributed by atoms with E-state index in [9.17, 15) is 19.5 Å². The first-order chi connectivity index (χ1) is 20.3. The number of allylic oxidation sites excluding steroid dienone is 1. The number of esters is 1. The summed E-state index contributed by atoms with van der Waals surface area (Å²) < 4.78 is 12.6. The van der Waals surface area contributed by atoms with Crippen molar-refractivity contribution in [3.8, 4) is 0 Å². The highest BCUT2D eigenvalue weighted by Crippen LogP contribution is 2.64. The van der Waals surface area contributed by atoms with E-state index in [0.717, 1.165) is 25.7 Å². The Morgan fingerprint density at radius 3 is 2.52 bits per heavy atom. The molecule has 1 aromatic rings. The van der Waals surface area contributed by atoms with Crippen LogP contribution in [-0.2, 0) is 23.9 Å². The van der Waals surface area contributed by atoms with Gasteiger partial charge in [0.1, 0.15) is 17.6 Å². The molecule has 9 heteroatoms. The first-order valence-corrected chi connectivity index (χ1v) is 15.7. The fourth-order valence-corrected chi connectivity index (χ4v) is 7.34. The Morgan fingerprint density at radius 1 is 1.12 bits per heavy atom. The molecule has 42 heavy (non-hydrogen) atoms. The second kappa shape index (κ2) is 14.2. The van der Waals surface area contributed by atoms with Gasteiger partial charge in [0.2, 0.25) is 5.91 Å². The van der Waals surface area contributed by atoms with Crippen molar-refractivity contribution in [2.24, 2.45) is 11.8 Å². The predicted octanol–water partition coefficient (Wildman–Crippen LogP) is 5.47. The topological polar surface area (TPSA) is 96.4 Å². The number of carbonyl (C=O) groups excluding carboxylic acids is 3. The highest BCUT2D eigenvalue weighted by atomic mass is 35.5. The monoisotopic (exact) mass is 600 g/mol. The van der Waals surface area contributed by atoms with Gasteiger partial charge in [0, 0.05) is 30.4 Å². The molecular weight excluding hydrogens is 556 g/mol. The van der Waals surface area contributed by atoms with Gasteiger partial charge in [0.25, 0.3) is 5.91 Å². The number of fused-ring (bicyclic) bond motifs is 1. The number of ether oxygens (including phenoxy) is 2. The number of carbonyl (C=O) groups is 3. The van der Waals surface area contributed by atoms with Gasteiger partial charge in [-0.2, -0.15) is 0 Å². The molecule has 0 radical (unpaired) electrons. The van der Waals surface area contributed by atoms with Crippen molar-refractivity contribution < 1.29 is 29.0 Å². The molecule has 2 amide bonds. The van der Waals surface area contributed by atoms with Crippen molar-refractivity contribution in [2.75, 3.05) is 31.2 Å². The van der Waals surface area contributed by atoms with Gasteiger partial charge >= 0.3 is 5.97 Å². The van der Waals surface area contributed by atoms with Crippen LogP contribution >= 0.6 is 11.6 Å². The van der Waals surface area contributed by atoms with Gasteiger partial charge in [-0.1, -0.05) is 43.5 Å². The molecule has 0 aromatic heterocycles. The van der Waals surface area contributed by atoms with Gasteiger partial charge in [0.05, 0.1) is 18.1 Å². The van der Waals surface area contributed by atoms with Crippen LogP contribution in [0, 0.1) is 11.8 Å². The lowest BCUT2D eigenvalue weighted by Crippen LogP contribution is -2.56. The molecule has 0 saturated carbocycles. The fraction of sp³-hybridized carbons (Fsp3) is 0.606. The molecule has 2 unspecified atom stereocenters. The number of aliphatic hydroxyl groups excluding tert-OH is 1. The number of rotatable bonds is 17. The largest absolute Gasteiger partial charge is 0.465 e. The number of hydrogen-bond donors (Lipinski definition) is 1. The summed E-state index contributed by atoms with van der Waals surface area (Å²) in [5.41, 5.74) is -1.31. The molecule has 5 atom stereocenters. The number of hydrogen-bond acceptors (Lipinski definition) is 6. The molecule has 1 spiro atoms. The summed E-state index contributed by atoms with van der Waals surface area (Å²) in [5, 5.41) is 9.74. The average molecular weight is 601 g/mol. The molecule has 0 aliphatic carbocycles. The van der Waals surface area contributed by atoms with Crippen molar-refractivity contribution in [2.45, 2.75) is 88.4 Å². The van der Waals surface area contributed by atoms with Crippen LogP contribution in [0.5, 0.6) is 0 Å². The van der Waals surface area contributed by atoms with Crippen LogP contribution in [0.15, 0.2) is 49.6 Å². The van der Waals surface area contributed by atoms with E-state index >= 15 is 0 Å². The molecule has 2 bridgehead atoms. The lowest BCUT2D eigenvalue weighted by molar-refractivity contribution is -0.161. The van der Waals surface area contributed by atoms with E-state index < -0.39 is 35.0 Å². The van der Waals surface area contributed by atoms with Crippen LogP contribution in [0.2, 0.25) is 5.02 Å². The molecular formula is C33H45ClN2O6. The van der Waals surface area contributed by atoms with E-state index in [1.54, 1.807) is 40.1 Å². The predicted molar refractivity (Wildman–Crippen MR) is 163 cm³/mol. The van der Waals surface area contributed by atoms with E-state index in [1.165, 1.54) is 0 Å². The average Bonchev–Trinajstić information content (AvgIpc) is 3.59. The maximum atomic E-state index is 14.6. The van der Waals surface area contributed by atoms with Gasteiger partial charge in [-0.3, -0.25) is 14.4 Å². The SMILES string of the molecule is C=CCCCCOC(=O)[C@H]1[C@H]2C(=O)N(CCCCCCO)C(C(=O)N(CC=C)c3ccc(Cl)cc3)C23CC[C@]1(CC)O3. The molecule has 3 aliphatic rings. The summed E-state index contributed by atoms with van der Waals surface area (Å²) in [6.45, 7) is 10.6. The molecule has 1 N–H and O–H groups in total. The summed E-state index contributed by atoms with van der Waals surface area (Å²) in [6, 6.07) is 6.13. The third kappa shape index (κ3) is 6.03. The van der Waals surface area contributed by atoms with E-state index in [0.29, 0.717) is 55.8 Å². The molecule has 3 heterocycles. The van der Waals surface area contributed by atoms with Gasteiger partial charge in [0.15, 0.2) is 0 Å². The summed E-state index contributed by atoms with van der Waals surface area (Å²) in [5.74, 6) is -2.43. The first kappa shape index (κ1) is 32.2. The minimum atomic E-state index is -1.12. The highest BCUT2D eigenvalue weighted by Gasteiger charge is 2.79. The molecule has 230 valence electrons. The molecule has 3 fully saturated rings. The van der Waals surface area contributed by atoms with Gasteiger partial charge in [-0.05, 0) is 75.6 Å². The molecule has 4 rings (SSSR count). The number of halogens is 1. The van der Waals surface area contributed by atoms with E-state index in [2.05, 4.69) is 13.2 Å². The quantitative estimate of drug-likeness (QED) is 0.145. The van der Waals surface area contributed by atoms with Gasteiger partial charge in [-0.15, -0.1) is 13.2 Å². The second-order valence-electron chi connectivity index (χ2n) is 11.7. The van der Waals surface area contributed by atoms with Crippen LogP contribution in [0.25, 0.3) is 0 Å². The molecule has 8 nitrogen and oxygen atoms in total. The maximum Gasteiger partial charge on any atom is 0.312 e. The number of nitrogens with zero attached hydrogens (tertiary/aromatic N) is 2. The number of likely N-dealkylation sites (tertiary alicyclic amines) is 1. The zero-order valence-corrected chi connectivity index (χ0v) is 25.5. The first-order valence-electron chi connectivity index (χ1n) is 15.4. The Balaban J connectivity index is 1.68. The molecule has 3 saturated heterocycles. The third-order valence-corrected chi connectivity index (χ3v) is 9.49. The van der Waals surface area contributed by atoms with Gasteiger partial charge < -0.3 is 24.4 Å². The number of amides is 2. The van der Waals surface area contributed by atoms with Crippen LogP contribution in [0.4, 0.5) is 5.69 Å². The fourth-order valence-electron chi connectivity index (χ4n) is 7.22. The molecule has 3 aliphatic heterocycles. The van der Waals surface area contributed by atoms with E-state index in [4.69, 9.17) is 21.1 Å². The lowest BCUT2D eigenvalue weighted by atomic mass is 9.65. The van der Waals surface area contributed by atoms with Crippen molar-refractivity contribution >= 4 is 35.1 Å². The molecule has 1 aromatic carbocycles. The smallest absolute Gasteiger partial charge is 0.312 e. The lowest BCUT2D eigenvalue weighted by Gasteiger charge is -2.37. The number of unbranched alkanes of at least 4 members (excludes halogenated alkanes) is 5. The standard InChI is InChI=1S/C33H45ClN2O6/c1-4-7-8-13-23-41-31(40)27-26-29(38)36(21-11-9-10-12-22-37)28(33(26)19-18-32(27,6-3)42-33)30(39)35(20-5-2)25-16-14-24(34)15-17-25/h4-5,14-17,26-28,37H,1-2,6-13,18-23H2,3H3/t26-,27+,28?,32-,33?/m0/s1. The summed E-state index contributed by atoms with van der Waals surface area (Å²) in [6.07, 6.45) is 10.6. The third-order valence-electron chi connectivity index (χ3n) is 9.24. The summed E-state index contributed by atoms with van der Waals surface area (Å²) in [7, 11) is 0. The number of aliphatic hydroxyl groups is 1. The summed E-state index contributed by atoms with van der Waals surface area (Å²) in [4.78, 5) is 45.9.